The Morgan fingerprint density at radius 3 is 2.89 bits per heavy atom. The topological polar surface area (TPSA) is 61.2 Å². The van der Waals surface area contributed by atoms with Crippen molar-refractivity contribution < 1.29 is 8.42 Å². The lowest BCUT2D eigenvalue weighted by Gasteiger charge is -2.28. The van der Waals surface area contributed by atoms with Crippen LogP contribution in [0.15, 0.2) is 38.2 Å². The van der Waals surface area contributed by atoms with E-state index in [1.54, 1.807) is 18.2 Å². The summed E-state index contributed by atoms with van der Waals surface area (Å²) in [7, 11) is -3.65. The molecule has 4 nitrogen and oxygen atoms in total. The minimum atomic E-state index is -3.65. The number of hydrogen-bond acceptors (Lipinski definition) is 4. The molecule has 2 heterocycles. The quantitative estimate of drug-likeness (QED) is 0.735. The van der Waals surface area contributed by atoms with Crippen LogP contribution in [0.4, 0.5) is 5.69 Å². The number of anilines is 1. The third kappa shape index (κ3) is 1.44. The maximum Gasteiger partial charge on any atom is 0.220 e. The molecule has 0 saturated carbocycles. The predicted octanol–water partition coefficient (Wildman–Crippen LogP) is 2.57. The maximum absolute atomic E-state index is 12.4. The molecule has 1 saturated heterocycles. The molecule has 18 heavy (non-hydrogen) atoms. The van der Waals surface area contributed by atoms with Crippen LogP contribution in [0.1, 0.15) is 12.8 Å². The standard InChI is InChI=1S/C12H9BrN2O2S/c13-8-3-4-11-10(6-8)15-5-1-2-9(15)12(7-14)18(11,16)17/h3-4,6H,1-2,5H2. The normalized spacial score (nSPS) is 20.3. The second-order valence-corrected chi connectivity index (χ2v) is 7.03. The number of benzene rings is 1. The fourth-order valence-corrected chi connectivity index (χ4v) is 4.40. The number of nitriles is 1. The third-order valence-corrected chi connectivity index (χ3v) is 5.54. The molecule has 0 aromatic heterocycles. The van der Waals surface area contributed by atoms with Crippen molar-refractivity contribution in [3.63, 3.8) is 0 Å². The van der Waals surface area contributed by atoms with Gasteiger partial charge in [-0.05, 0) is 31.0 Å². The maximum atomic E-state index is 12.4. The summed E-state index contributed by atoms with van der Waals surface area (Å²) < 4.78 is 25.6. The molecule has 1 aromatic rings. The van der Waals surface area contributed by atoms with E-state index in [0.29, 0.717) is 17.8 Å². The molecule has 0 bridgehead atoms. The molecular formula is C12H9BrN2O2S. The summed E-state index contributed by atoms with van der Waals surface area (Å²) in [4.78, 5) is 2.09. The van der Waals surface area contributed by atoms with Crippen molar-refractivity contribution in [2.75, 3.05) is 11.4 Å². The highest BCUT2D eigenvalue weighted by Crippen LogP contribution is 2.43. The second kappa shape index (κ2) is 3.84. The molecule has 92 valence electrons. The van der Waals surface area contributed by atoms with E-state index in [0.717, 1.165) is 17.4 Å². The third-order valence-electron chi connectivity index (χ3n) is 3.25. The second-order valence-electron chi connectivity index (χ2n) is 4.26. The lowest BCUT2D eigenvalue weighted by atomic mass is 10.2. The Labute approximate surface area is 114 Å². The average molecular weight is 325 g/mol. The first-order chi connectivity index (χ1) is 8.55. The highest BCUT2D eigenvalue weighted by molar-refractivity contribution is 9.10. The summed E-state index contributed by atoms with van der Waals surface area (Å²) in [6, 6.07) is 6.90. The van der Waals surface area contributed by atoms with Crippen LogP contribution in [0.5, 0.6) is 0 Å². The van der Waals surface area contributed by atoms with Crippen molar-refractivity contribution in [1.82, 2.24) is 0 Å². The van der Waals surface area contributed by atoms with Gasteiger partial charge in [0.05, 0.1) is 10.6 Å². The number of halogens is 1. The van der Waals surface area contributed by atoms with Gasteiger partial charge in [-0.25, -0.2) is 8.42 Å². The van der Waals surface area contributed by atoms with Gasteiger partial charge in [0.15, 0.2) is 4.91 Å². The number of rotatable bonds is 0. The Bertz CT molecular complexity index is 716. The Kier molecular flexibility index (Phi) is 2.50. The van der Waals surface area contributed by atoms with Crippen molar-refractivity contribution in [3.05, 3.63) is 33.3 Å². The number of hydrogen-bond donors (Lipinski definition) is 0. The SMILES string of the molecule is N#CC1=C2CCCN2c2cc(Br)ccc2S1(=O)=O. The van der Waals surface area contributed by atoms with Gasteiger partial charge in [-0.2, -0.15) is 5.26 Å². The van der Waals surface area contributed by atoms with Crippen molar-refractivity contribution in [1.29, 1.82) is 5.26 Å². The van der Waals surface area contributed by atoms with Gasteiger partial charge in [-0.15, -0.1) is 0 Å². The van der Waals surface area contributed by atoms with Crippen LogP contribution in [-0.4, -0.2) is 15.0 Å². The Balaban J connectivity index is 2.38. The molecule has 0 atom stereocenters. The van der Waals surface area contributed by atoms with E-state index in [9.17, 15) is 8.42 Å². The van der Waals surface area contributed by atoms with Gasteiger partial charge in [-0.1, -0.05) is 15.9 Å². The monoisotopic (exact) mass is 324 g/mol. The fourth-order valence-electron chi connectivity index (χ4n) is 2.49. The highest BCUT2D eigenvalue weighted by atomic mass is 79.9. The first kappa shape index (κ1) is 11.8. The Morgan fingerprint density at radius 2 is 2.17 bits per heavy atom. The van der Waals surface area contributed by atoms with Crippen LogP contribution >= 0.6 is 15.9 Å². The van der Waals surface area contributed by atoms with Crippen molar-refractivity contribution in [2.24, 2.45) is 0 Å². The van der Waals surface area contributed by atoms with Crippen molar-refractivity contribution >= 4 is 31.5 Å². The van der Waals surface area contributed by atoms with Crippen LogP contribution in [0.2, 0.25) is 0 Å². The highest BCUT2D eigenvalue weighted by Gasteiger charge is 2.38. The van der Waals surface area contributed by atoms with Crippen LogP contribution in [0.3, 0.4) is 0 Å². The smallest absolute Gasteiger partial charge is 0.220 e. The lowest BCUT2D eigenvalue weighted by Crippen LogP contribution is -2.26. The van der Waals surface area contributed by atoms with Gasteiger partial charge in [-0.3, -0.25) is 0 Å². The largest absolute Gasteiger partial charge is 0.342 e. The summed E-state index contributed by atoms with van der Waals surface area (Å²) in [5.74, 6) is 0. The van der Waals surface area contributed by atoms with Crippen LogP contribution < -0.4 is 4.90 Å². The molecule has 2 aliphatic heterocycles. The molecule has 0 aliphatic carbocycles. The molecule has 1 aromatic carbocycles. The fraction of sp³-hybridized carbons (Fsp3) is 0.250. The van der Waals surface area contributed by atoms with E-state index < -0.39 is 9.84 Å². The van der Waals surface area contributed by atoms with Crippen molar-refractivity contribution in [3.8, 4) is 6.07 Å². The van der Waals surface area contributed by atoms with E-state index in [-0.39, 0.29) is 9.80 Å². The van der Waals surface area contributed by atoms with Crippen LogP contribution in [0, 0.1) is 11.3 Å². The summed E-state index contributed by atoms with van der Waals surface area (Å²) >= 11 is 3.35. The zero-order valence-corrected chi connectivity index (χ0v) is 11.8. The summed E-state index contributed by atoms with van der Waals surface area (Å²) in [6.45, 7) is 0.763. The van der Waals surface area contributed by atoms with Gasteiger partial charge >= 0.3 is 0 Å². The zero-order valence-electron chi connectivity index (χ0n) is 9.35. The molecule has 0 unspecified atom stereocenters. The molecule has 2 aliphatic rings. The van der Waals surface area contributed by atoms with Gasteiger partial charge in [0.1, 0.15) is 6.07 Å². The molecule has 1 fully saturated rings. The zero-order chi connectivity index (χ0) is 12.9. The molecule has 3 rings (SSSR count). The van der Waals surface area contributed by atoms with Gasteiger partial charge in [0.2, 0.25) is 9.84 Å². The Morgan fingerprint density at radius 1 is 1.39 bits per heavy atom. The predicted molar refractivity (Wildman–Crippen MR) is 70.5 cm³/mol. The minimum Gasteiger partial charge on any atom is -0.342 e. The number of sulfone groups is 1. The van der Waals surface area contributed by atoms with E-state index in [2.05, 4.69) is 15.9 Å². The Hall–Kier alpha value is -1.32. The summed E-state index contributed by atoms with van der Waals surface area (Å²) in [6.07, 6.45) is 1.52. The van der Waals surface area contributed by atoms with Gasteiger partial charge in [0, 0.05) is 16.7 Å². The minimum absolute atomic E-state index is 0.0881. The van der Waals surface area contributed by atoms with Crippen molar-refractivity contribution in [2.45, 2.75) is 17.7 Å². The average Bonchev–Trinajstić information content (AvgIpc) is 2.77. The van der Waals surface area contributed by atoms with E-state index in [1.807, 2.05) is 11.0 Å². The molecule has 0 spiro atoms. The molecular weight excluding hydrogens is 316 g/mol. The van der Waals surface area contributed by atoms with Gasteiger partial charge in [0.25, 0.3) is 0 Å². The van der Waals surface area contributed by atoms with Crippen LogP contribution in [0.25, 0.3) is 0 Å². The number of allylic oxidation sites excluding steroid dienone is 2. The van der Waals surface area contributed by atoms with E-state index in [1.165, 1.54) is 0 Å². The van der Waals surface area contributed by atoms with Crippen LogP contribution in [-0.2, 0) is 9.84 Å². The molecule has 6 heteroatoms. The van der Waals surface area contributed by atoms with E-state index in [4.69, 9.17) is 5.26 Å². The van der Waals surface area contributed by atoms with Gasteiger partial charge < -0.3 is 4.90 Å². The lowest BCUT2D eigenvalue weighted by molar-refractivity contribution is 0.601. The summed E-state index contributed by atoms with van der Waals surface area (Å²) in [5, 5.41) is 9.13. The van der Waals surface area contributed by atoms with E-state index >= 15 is 0 Å². The first-order valence-electron chi connectivity index (χ1n) is 5.51. The number of fused-ring (bicyclic) bond motifs is 3. The summed E-state index contributed by atoms with van der Waals surface area (Å²) in [5.41, 5.74) is 1.32. The number of nitrogens with zero attached hydrogens (tertiary/aromatic N) is 2. The first-order valence-corrected chi connectivity index (χ1v) is 7.79. The molecule has 0 radical (unpaired) electrons. The molecule has 0 amide bonds. The molecule has 0 N–H and O–H groups in total.